The number of allylic oxidation sites excluding steroid dienone is 3. The Balaban J connectivity index is 3.80. The second kappa shape index (κ2) is 4.79. The van der Waals surface area contributed by atoms with Crippen LogP contribution in [0.1, 0.15) is 20.8 Å². The van der Waals surface area contributed by atoms with Crippen LogP contribution in [-0.4, -0.2) is 5.97 Å². The molecule has 0 bridgehead atoms. The second-order valence-corrected chi connectivity index (χ2v) is 1.97. The highest BCUT2D eigenvalue weighted by Crippen LogP contribution is 1.94. The van der Waals surface area contributed by atoms with Gasteiger partial charge in [-0.2, -0.15) is 0 Å². The Morgan fingerprint density at radius 2 is 2.00 bits per heavy atom. The average Bonchev–Trinajstić information content (AvgIpc) is 1.85. The third-order valence-corrected chi connectivity index (χ3v) is 0.840. The van der Waals surface area contributed by atoms with Crippen molar-refractivity contribution in [3.8, 4) is 0 Å². The van der Waals surface area contributed by atoms with E-state index in [1.165, 1.54) is 13.2 Å². The Kier molecular flexibility index (Phi) is 4.29. The largest absolute Gasteiger partial charge is 0.434 e. The first-order chi connectivity index (χ1) is 4.66. The molecule has 0 unspecified atom stereocenters. The van der Waals surface area contributed by atoms with E-state index in [-0.39, 0.29) is 5.97 Å². The fourth-order valence-electron chi connectivity index (χ4n) is 0.478. The molecule has 0 heterocycles. The highest BCUT2D eigenvalue weighted by Gasteiger charge is 1.86. The number of hydrogen-bond donors (Lipinski definition) is 0. The van der Waals surface area contributed by atoms with Crippen molar-refractivity contribution in [2.75, 3.05) is 0 Å². The van der Waals surface area contributed by atoms with Crippen molar-refractivity contribution in [3.05, 3.63) is 24.0 Å². The van der Waals surface area contributed by atoms with Crippen molar-refractivity contribution < 1.29 is 9.53 Å². The lowest BCUT2D eigenvalue weighted by Gasteiger charge is -1.92. The zero-order chi connectivity index (χ0) is 7.98. The molecule has 0 rings (SSSR count). The van der Waals surface area contributed by atoms with Gasteiger partial charge in [-0.3, -0.25) is 4.79 Å². The monoisotopic (exact) mass is 140 g/mol. The summed E-state index contributed by atoms with van der Waals surface area (Å²) in [6.07, 6.45) is 5.18. The third-order valence-electron chi connectivity index (χ3n) is 0.840. The van der Waals surface area contributed by atoms with Crippen molar-refractivity contribution in [2.45, 2.75) is 20.8 Å². The first-order valence-electron chi connectivity index (χ1n) is 3.13. The molecule has 0 fully saturated rings. The quantitative estimate of drug-likeness (QED) is 0.333. The van der Waals surface area contributed by atoms with E-state index in [1.54, 1.807) is 0 Å². The number of esters is 1. The lowest BCUT2D eigenvalue weighted by molar-refractivity contribution is -0.135. The van der Waals surface area contributed by atoms with E-state index < -0.39 is 0 Å². The molecule has 2 nitrogen and oxygen atoms in total. The van der Waals surface area contributed by atoms with Gasteiger partial charge in [-0.1, -0.05) is 12.2 Å². The van der Waals surface area contributed by atoms with Crippen LogP contribution in [-0.2, 0) is 9.53 Å². The summed E-state index contributed by atoms with van der Waals surface area (Å²) in [5, 5.41) is 0. The molecule has 2 heteroatoms. The molecule has 0 saturated carbocycles. The summed E-state index contributed by atoms with van der Waals surface area (Å²) < 4.78 is 4.60. The minimum absolute atomic E-state index is 0.288. The first kappa shape index (κ1) is 8.95. The molecule has 0 spiro atoms. The van der Waals surface area contributed by atoms with Crippen molar-refractivity contribution in [1.29, 1.82) is 0 Å². The topological polar surface area (TPSA) is 26.3 Å². The Hall–Kier alpha value is -1.05. The van der Waals surface area contributed by atoms with E-state index in [0.717, 1.165) is 5.57 Å². The number of carbonyl (C=O) groups is 1. The molecule has 0 aromatic heterocycles. The SMILES string of the molecule is C/C=C/C(C)=C/OC(C)=O. The fourth-order valence-corrected chi connectivity index (χ4v) is 0.478. The van der Waals surface area contributed by atoms with Crippen LogP contribution >= 0.6 is 0 Å². The van der Waals surface area contributed by atoms with Crippen molar-refractivity contribution in [1.82, 2.24) is 0 Å². The predicted octanol–water partition coefficient (Wildman–Crippen LogP) is 2.03. The van der Waals surface area contributed by atoms with Gasteiger partial charge < -0.3 is 4.74 Å². The van der Waals surface area contributed by atoms with Crippen LogP contribution in [0.15, 0.2) is 24.0 Å². The molecular weight excluding hydrogens is 128 g/mol. The van der Waals surface area contributed by atoms with Gasteiger partial charge in [0.25, 0.3) is 0 Å². The Bertz CT molecular complexity index is 166. The summed E-state index contributed by atoms with van der Waals surface area (Å²) in [6, 6.07) is 0. The van der Waals surface area contributed by atoms with Crippen LogP contribution in [0.5, 0.6) is 0 Å². The molecule has 0 N–H and O–H groups in total. The fraction of sp³-hybridized carbons (Fsp3) is 0.375. The van der Waals surface area contributed by atoms with Gasteiger partial charge in [0, 0.05) is 6.92 Å². The standard InChI is InChI=1S/C8H12O2/c1-4-5-7(2)6-10-8(3)9/h4-6H,1-3H3/b5-4+,7-6+. The van der Waals surface area contributed by atoms with E-state index in [1.807, 2.05) is 26.0 Å². The summed E-state index contributed by atoms with van der Waals surface area (Å²) in [7, 11) is 0. The van der Waals surface area contributed by atoms with E-state index in [0.29, 0.717) is 0 Å². The highest BCUT2D eigenvalue weighted by molar-refractivity contribution is 5.66. The van der Waals surface area contributed by atoms with Gasteiger partial charge in [0.2, 0.25) is 0 Å². The van der Waals surface area contributed by atoms with Crippen LogP contribution < -0.4 is 0 Å². The minimum Gasteiger partial charge on any atom is -0.434 e. The summed E-state index contributed by atoms with van der Waals surface area (Å²) in [6.45, 7) is 5.15. The van der Waals surface area contributed by atoms with Crippen molar-refractivity contribution in [3.63, 3.8) is 0 Å². The van der Waals surface area contributed by atoms with Gasteiger partial charge in [-0.15, -0.1) is 0 Å². The van der Waals surface area contributed by atoms with Crippen molar-refractivity contribution in [2.24, 2.45) is 0 Å². The molecule has 0 aromatic carbocycles. The molecule has 0 amide bonds. The van der Waals surface area contributed by atoms with E-state index in [2.05, 4.69) is 4.74 Å². The van der Waals surface area contributed by atoms with Gasteiger partial charge in [0.05, 0.1) is 6.26 Å². The molecule has 0 radical (unpaired) electrons. The van der Waals surface area contributed by atoms with Crippen LogP contribution in [0.4, 0.5) is 0 Å². The Morgan fingerprint density at radius 1 is 1.40 bits per heavy atom. The molecule has 0 aliphatic carbocycles. The number of rotatable bonds is 2. The van der Waals surface area contributed by atoms with Crippen LogP contribution in [0, 0.1) is 0 Å². The van der Waals surface area contributed by atoms with Crippen molar-refractivity contribution >= 4 is 5.97 Å². The lowest BCUT2D eigenvalue weighted by atomic mass is 10.3. The summed E-state index contributed by atoms with van der Waals surface area (Å²) >= 11 is 0. The first-order valence-corrected chi connectivity index (χ1v) is 3.13. The number of ether oxygens (including phenoxy) is 1. The van der Waals surface area contributed by atoms with E-state index in [4.69, 9.17) is 0 Å². The summed E-state index contributed by atoms with van der Waals surface area (Å²) in [5.74, 6) is -0.288. The Morgan fingerprint density at radius 3 is 2.40 bits per heavy atom. The molecule has 10 heavy (non-hydrogen) atoms. The van der Waals surface area contributed by atoms with Gasteiger partial charge in [-0.25, -0.2) is 0 Å². The van der Waals surface area contributed by atoms with E-state index >= 15 is 0 Å². The maximum Gasteiger partial charge on any atom is 0.307 e. The smallest absolute Gasteiger partial charge is 0.307 e. The normalized spacial score (nSPS) is 12.1. The molecule has 56 valence electrons. The molecular formula is C8H12O2. The van der Waals surface area contributed by atoms with Gasteiger partial charge in [0.15, 0.2) is 0 Å². The Labute approximate surface area is 61.2 Å². The molecule has 0 atom stereocenters. The molecule has 0 saturated heterocycles. The number of hydrogen-bond acceptors (Lipinski definition) is 2. The molecule has 0 aliphatic heterocycles. The zero-order valence-electron chi connectivity index (χ0n) is 6.55. The maximum absolute atomic E-state index is 10.3. The number of carbonyl (C=O) groups excluding carboxylic acids is 1. The summed E-state index contributed by atoms with van der Waals surface area (Å²) in [5.41, 5.74) is 0.928. The molecule has 0 aromatic rings. The average molecular weight is 140 g/mol. The zero-order valence-corrected chi connectivity index (χ0v) is 6.55. The molecule has 0 aliphatic rings. The second-order valence-electron chi connectivity index (χ2n) is 1.97. The third kappa shape index (κ3) is 5.09. The van der Waals surface area contributed by atoms with E-state index in [9.17, 15) is 4.79 Å². The van der Waals surface area contributed by atoms with Crippen LogP contribution in [0.25, 0.3) is 0 Å². The maximum atomic E-state index is 10.3. The van der Waals surface area contributed by atoms with Gasteiger partial charge in [-0.05, 0) is 19.4 Å². The lowest BCUT2D eigenvalue weighted by Crippen LogP contribution is -1.90. The van der Waals surface area contributed by atoms with Crippen LogP contribution in [0.2, 0.25) is 0 Å². The summed E-state index contributed by atoms with van der Waals surface area (Å²) in [4.78, 5) is 10.3. The van der Waals surface area contributed by atoms with Crippen LogP contribution in [0.3, 0.4) is 0 Å². The highest BCUT2D eigenvalue weighted by atomic mass is 16.5. The predicted molar refractivity (Wildman–Crippen MR) is 40.3 cm³/mol. The van der Waals surface area contributed by atoms with Gasteiger partial charge >= 0.3 is 5.97 Å². The minimum atomic E-state index is -0.288. The van der Waals surface area contributed by atoms with Gasteiger partial charge in [0.1, 0.15) is 0 Å².